The number of aryl methyl sites for hydroxylation is 3. The number of hydrogen-bond acceptors (Lipinski definition) is 2. The molecule has 3 aromatic carbocycles. The largest absolute Gasteiger partial charge is 0.322 e. The standard InChI is InChI=1S/C26H24N2O/c1-4-19-8-7-9-21(15-19)27-26(29)23-16-25(20-13-12-17(2)18(3)14-20)28-24-11-6-5-10-22(23)24/h5-16H,4H2,1-3H3,(H,27,29). The quantitative estimate of drug-likeness (QED) is 0.449. The van der Waals surface area contributed by atoms with E-state index in [1.165, 1.54) is 16.7 Å². The Balaban J connectivity index is 1.79. The molecule has 0 bridgehead atoms. The Kier molecular flexibility index (Phi) is 5.13. The van der Waals surface area contributed by atoms with E-state index in [4.69, 9.17) is 4.98 Å². The van der Waals surface area contributed by atoms with Crippen LogP contribution in [0.4, 0.5) is 5.69 Å². The predicted octanol–water partition coefficient (Wildman–Crippen LogP) is 6.33. The average Bonchev–Trinajstić information content (AvgIpc) is 2.75. The van der Waals surface area contributed by atoms with Gasteiger partial charge in [0.2, 0.25) is 0 Å². The van der Waals surface area contributed by atoms with Gasteiger partial charge in [-0.2, -0.15) is 0 Å². The Bertz CT molecular complexity index is 1210. The highest BCUT2D eigenvalue weighted by Crippen LogP contribution is 2.27. The van der Waals surface area contributed by atoms with Crippen LogP contribution in [0.25, 0.3) is 22.2 Å². The fraction of sp³-hybridized carbons (Fsp3) is 0.154. The molecule has 0 fully saturated rings. The van der Waals surface area contributed by atoms with Gasteiger partial charge in [0.1, 0.15) is 0 Å². The highest BCUT2D eigenvalue weighted by molar-refractivity contribution is 6.13. The van der Waals surface area contributed by atoms with E-state index in [-0.39, 0.29) is 5.91 Å². The number of carbonyl (C=O) groups excluding carboxylic acids is 1. The second kappa shape index (κ2) is 7.88. The van der Waals surface area contributed by atoms with E-state index in [1.54, 1.807) is 0 Å². The first-order valence-corrected chi connectivity index (χ1v) is 9.93. The molecular formula is C26H24N2O. The van der Waals surface area contributed by atoms with Gasteiger partial charge >= 0.3 is 0 Å². The Hall–Kier alpha value is -3.46. The molecule has 0 radical (unpaired) electrons. The zero-order chi connectivity index (χ0) is 20.4. The minimum atomic E-state index is -0.123. The summed E-state index contributed by atoms with van der Waals surface area (Å²) in [5, 5.41) is 3.91. The number of carbonyl (C=O) groups is 1. The number of rotatable bonds is 4. The number of nitrogens with one attached hydrogen (secondary N) is 1. The molecule has 1 aromatic heterocycles. The van der Waals surface area contributed by atoms with Crippen molar-refractivity contribution in [1.82, 2.24) is 4.98 Å². The van der Waals surface area contributed by atoms with Gasteiger partial charge in [-0.25, -0.2) is 4.98 Å². The lowest BCUT2D eigenvalue weighted by molar-refractivity contribution is 0.102. The molecule has 0 aliphatic rings. The van der Waals surface area contributed by atoms with E-state index < -0.39 is 0 Å². The Labute approximate surface area is 171 Å². The lowest BCUT2D eigenvalue weighted by Gasteiger charge is -2.12. The lowest BCUT2D eigenvalue weighted by Crippen LogP contribution is -2.13. The summed E-state index contributed by atoms with van der Waals surface area (Å²) in [6, 6.07) is 23.9. The summed E-state index contributed by atoms with van der Waals surface area (Å²) >= 11 is 0. The molecule has 0 spiro atoms. The third-order valence-corrected chi connectivity index (χ3v) is 5.36. The van der Waals surface area contributed by atoms with Crippen LogP contribution in [-0.4, -0.2) is 10.9 Å². The lowest BCUT2D eigenvalue weighted by atomic mass is 10.0. The van der Waals surface area contributed by atoms with Crippen molar-refractivity contribution in [3.63, 3.8) is 0 Å². The summed E-state index contributed by atoms with van der Waals surface area (Å²) in [6.45, 7) is 6.29. The molecular weight excluding hydrogens is 356 g/mol. The first-order valence-electron chi connectivity index (χ1n) is 9.93. The van der Waals surface area contributed by atoms with Gasteiger partial charge in [0.05, 0.1) is 16.8 Å². The molecule has 144 valence electrons. The van der Waals surface area contributed by atoms with Gasteiger partial charge in [0.15, 0.2) is 0 Å². The van der Waals surface area contributed by atoms with E-state index >= 15 is 0 Å². The molecule has 3 nitrogen and oxygen atoms in total. The summed E-state index contributed by atoms with van der Waals surface area (Å²) in [7, 11) is 0. The summed E-state index contributed by atoms with van der Waals surface area (Å²) < 4.78 is 0. The summed E-state index contributed by atoms with van der Waals surface area (Å²) in [6.07, 6.45) is 0.929. The molecule has 3 heteroatoms. The number of amides is 1. The Morgan fingerprint density at radius 2 is 1.72 bits per heavy atom. The molecule has 1 heterocycles. The van der Waals surface area contributed by atoms with Crippen LogP contribution in [0.1, 0.15) is 34.0 Å². The second-order valence-corrected chi connectivity index (χ2v) is 7.38. The minimum absolute atomic E-state index is 0.123. The number of nitrogens with zero attached hydrogens (tertiary/aromatic N) is 1. The monoisotopic (exact) mass is 380 g/mol. The van der Waals surface area contributed by atoms with Crippen molar-refractivity contribution in [2.75, 3.05) is 5.32 Å². The van der Waals surface area contributed by atoms with Crippen molar-refractivity contribution in [1.29, 1.82) is 0 Å². The molecule has 0 saturated carbocycles. The van der Waals surface area contributed by atoms with Crippen LogP contribution in [0.3, 0.4) is 0 Å². The average molecular weight is 380 g/mol. The molecule has 0 atom stereocenters. The molecule has 4 aromatic rings. The van der Waals surface area contributed by atoms with Crippen LogP contribution in [0, 0.1) is 13.8 Å². The maximum Gasteiger partial charge on any atom is 0.256 e. The van der Waals surface area contributed by atoms with Gasteiger partial charge in [-0.15, -0.1) is 0 Å². The van der Waals surface area contributed by atoms with Gasteiger partial charge in [-0.05, 0) is 67.3 Å². The number of fused-ring (bicyclic) bond motifs is 1. The zero-order valence-corrected chi connectivity index (χ0v) is 17.0. The molecule has 1 amide bonds. The van der Waals surface area contributed by atoms with Gasteiger partial charge in [-0.1, -0.05) is 49.4 Å². The van der Waals surface area contributed by atoms with Crippen molar-refractivity contribution in [3.8, 4) is 11.3 Å². The minimum Gasteiger partial charge on any atom is -0.322 e. The molecule has 0 unspecified atom stereocenters. The number of para-hydroxylation sites is 1. The van der Waals surface area contributed by atoms with Crippen LogP contribution in [0.2, 0.25) is 0 Å². The highest BCUT2D eigenvalue weighted by Gasteiger charge is 2.14. The van der Waals surface area contributed by atoms with Crippen molar-refractivity contribution < 1.29 is 4.79 Å². The van der Waals surface area contributed by atoms with Crippen molar-refractivity contribution >= 4 is 22.5 Å². The van der Waals surface area contributed by atoms with Crippen molar-refractivity contribution in [2.45, 2.75) is 27.2 Å². The van der Waals surface area contributed by atoms with E-state index in [0.717, 1.165) is 34.3 Å². The Morgan fingerprint density at radius 3 is 2.52 bits per heavy atom. The summed E-state index contributed by atoms with van der Waals surface area (Å²) in [5.74, 6) is -0.123. The van der Waals surface area contributed by atoms with Crippen LogP contribution >= 0.6 is 0 Å². The van der Waals surface area contributed by atoms with Gasteiger partial charge in [-0.3, -0.25) is 4.79 Å². The third-order valence-electron chi connectivity index (χ3n) is 5.36. The van der Waals surface area contributed by atoms with E-state index in [0.29, 0.717) is 5.56 Å². The fourth-order valence-corrected chi connectivity index (χ4v) is 3.48. The Morgan fingerprint density at radius 1 is 0.897 bits per heavy atom. The van der Waals surface area contributed by atoms with Crippen LogP contribution < -0.4 is 5.32 Å². The smallest absolute Gasteiger partial charge is 0.256 e. The SMILES string of the molecule is CCc1cccc(NC(=O)c2cc(-c3ccc(C)c(C)c3)nc3ccccc23)c1. The number of aromatic nitrogens is 1. The normalized spacial score (nSPS) is 10.9. The summed E-state index contributed by atoms with van der Waals surface area (Å²) in [4.78, 5) is 18.0. The van der Waals surface area contributed by atoms with E-state index in [1.807, 2.05) is 48.5 Å². The number of anilines is 1. The van der Waals surface area contributed by atoms with Crippen LogP contribution in [0.5, 0.6) is 0 Å². The molecule has 1 N–H and O–H groups in total. The highest BCUT2D eigenvalue weighted by atomic mass is 16.1. The maximum atomic E-state index is 13.2. The molecule has 0 aliphatic carbocycles. The van der Waals surface area contributed by atoms with Crippen molar-refractivity contribution in [2.24, 2.45) is 0 Å². The van der Waals surface area contributed by atoms with Gasteiger partial charge in [0, 0.05) is 16.6 Å². The molecule has 29 heavy (non-hydrogen) atoms. The predicted molar refractivity (Wildman–Crippen MR) is 120 cm³/mol. The van der Waals surface area contributed by atoms with Crippen LogP contribution in [0.15, 0.2) is 72.8 Å². The van der Waals surface area contributed by atoms with Gasteiger partial charge in [0.25, 0.3) is 5.91 Å². The zero-order valence-electron chi connectivity index (χ0n) is 17.0. The van der Waals surface area contributed by atoms with E-state index in [9.17, 15) is 4.79 Å². The van der Waals surface area contributed by atoms with Crippen LogP contribution in [-0.2, 0) is 6.42 Å². The molecule has 0 saturated heterocycles. The number of hydrogen-bond donors (Lipinski definition) is 1. The summed E-state index contributed by atoms with van der Waals surface area (Å²) in [5.41, 5.74) is 7.71. The number of pyridine rings is 1. The molecule has 4 rings (SSSR count). The molecule has 0 aliphatic heterocycles. The van der Waals surface area contributed by atoms with Crippen molar-refractivity contribution in [3.05, 3.63) is 95.1 Å². The number of benzene rings is 3. The van der Waals surface area contributed by atoms with E-state index in [2.05, 4.69) is 50.4 Å². The third kappa shape index (κ3) is 3.90. The first-order chi connectivity index (χ1) is 14.0. The topological polar surface area (TPSA) is 42.0 Å². The fourth-order valence-electron chi connectivity index (χ4n) is 3.48. The second-order valence-electron chi connectivity index (χ2n) is 7.38. The first kappa shape index (κ1) is 18.9. The van der Waals surface area contributed by atoms with Gasteiger partial charge < -0.3 is 5.32 Å². The maximum absolute atomic E-state index is 13.2.